The molecule has 0 saturated carbocycles. The first-order valence-electron chi connectivity index (χ1n) is 2.81. The van der Waals surface area contributed by atoms with E-state index in [0.717, 1.165) is 6.08 Å². The molecule has 0 saturated heterocycles. The Balaban J connectivity index is 4.49. The van der Waals surface area contributed by atoms with Gasteiger partial charge in [-0.25, -0.2) is 0 Å². The smallest absolute Gasteiger partial charge is 0.245 e. The van der Waals surface area contributed by atoms with Crippen LogP contribution in [0, 0.1) is 12.3 Å². The van der Waals surface area contributed by atoms with E-state index >= 15 is 0 Å². The van der Waals surface area contributed by atoms with E-state index in [2.05, 4.69) is 5.92 Å². The molecule has 0 spiro atoms. The second-order valence-electron chi connectivity index (χ2n) is 1.82. The molecule has 0 aromatic heterocycles. The van der Waals surface area contributed by atoms with E-state index in [-0.39, 0.29) is 12.0 Å². The molecule has 0 aromatic rings. The molecule has 0 fully saturated rings. The molecule has 0 aliphatic carbocycles. The molecule has 2 amide bonds. The van der Waals surface area contributed by atoms with Crippen LogP contribution in [0.5, 0.6) is 0 Å². The van der Waals surface area contributed by atoms with Crippen molar-refractivity contribution >= 4 is 11.8 Å². The number of amides is 2. The summed E-state index contributed by atoms with van der Waals surface area (Å²) in [5, 5.41) is 0. The third-order valence-electron chi connectivity index (χ3n) is 0.925. The van der Waals surface area contributed by atoms with Crippen molar-refractivity contribution in [1.82, 2.24) is 0 Å². The Morgan fingerprint density at radius 3 is 2.27 bits per heavy atom. The Morgan fingerprint density at radius 2 is 2.00 bits per heavy atom. The van der Waals surface area contributed by atoms with Crippen LogP contribution in [-0.4, -0.2) is 11.8 Å². The minimum Gasteiger partial charge on any atom is -0.366 e. The van der Waals surface area contributed by atoms with Crippen LogP contribution in [0.1, 0.15) is 6.42 Å². The highest BCUT2D eigenvalue weighted by Gasteiger charge is 2.03. The zero-order valence-corrected chi connectivity index (χ0v) is 5.83. The van der Waals surface area contributed by atoms with Gasteiger partial charge in [-0.2, -0.15) is 0 Å². The SMILES string of the molecule is C#CCC(=CC(N)=O)C(N)=O. The predicted molar refractivity (Wildman–Crippen MR) is 39.9 cm³/mol. The van der Waals surface area contributed by atoms with Gasteiger partial charge in [-0.3, -0.25) is 9.59 Å². The van der Waals surface area contributed by atoms with Gasteiger partial charge in [-0.05, 0) is 0 Å². The summed E-state index contributed by atoms with van der Waals surface area (Å²) in [7, 11) is 0. The number of carbonyl (C=O) groups is 2. The highest BCUT2D eigenvalue weighted by atomic mass is 16.1. The number of terminal acetylenes is 1. The van der Waals surface area contributed by atoms with Crippen molar-refractivity contribution in [3.05, 3.63) is 11.6 Å². The number of rotatable bonds is 3. The van der Waals surface area contributed by atoms with Crippen LogP contribution in [0.2, 0.25) is 0 Å². The summed E-state index contributed by atoms with van der Waals surface area (Å²) in [6.45, 7) is 0. The number of hydrogen-bond donors (Lipinski definition) is 2. The normalized spacial score (nSPS) is 10.3. The maximum absolute atomic E-state index is 10.5. The summed E-state index contributed by atoms with van der Waals surface area (Å²) in [4.78, 5) is 20.7. The molecular weight excluding hydrogens is 144 g/mol. The summed E-state index contributed by atoms with van der Waals surface area (Å²) in [6.07, 6.45) is 5.85. The second kappa shape index (κ2) is 4.12. The Morgan fingerprint density at radius 1 is 1.45 bits per heavy atom. The van der Waals surface area contributed by atoms with Gasteiger partial charge in [0.2, 0.25) is 11.8 Å². The van der Waals surface area contributed by atoms with E-state index in [4.69, 9.17) is 17.9 Å². The van der Waals surface area contributed by atoms with Crippen molar-refractivity contribution < 1.29 is 9.59 Å². The van der Waals surface area contributed by atoms with Crippen LogP contribution in [0.15, 0.2) is 11.6 Å². The maximum Gasteiger partial charge on any atom is 0.245 e. The van der Waals surface area contributed by atoms with Crippen molar-refractivity contribution in [1.29, 1.82) is 0 Å². The molecule has 0 unspecified atom stereocenters. The van der Waals surface area contributed by atoms with Gasteiger partial charge in [0.15, 0.2) is 0 Å². The Bertz CT molecular complexity index is 248. The minimum atomic E-state index is -0.728. The molecule has 0 aromatic carbocycles. The second-order valence-corrected chi connectivity index (χ2v) is 1.82. The number of nitrogens with two attached hydrogens (primary N) is 2. The molecule has 0 bridgehead atoms. The zero-order chi connectivity index (χ0) is 8.85. The van der Waals surface area contributed by atoms with E-state index in [0.29, 0.717) is 0 Å². The van der Waals surface area contributed by atoms with Gasteiger partial charge in [-0.15, -0.1) is 12.3 Å². The highest BCUT2D eigenvalue weighted by molar-refractivity contribution is 5.99. The molecule has 0 radical (unpaired) electrons. The van der Waals surface area contributed by atoms with Crippen LogP contribution < -0.4 is 11.5 Å². The molecule has 0 aliphatic rings. The van der Waals surface area contributed by atoms with Crippen molar-refractivity contribution in [3.63, 3.8) is 0 Å². The van der Waals surface area contributed by atoms with Gasteiger partial charge in [-0.1, -0.05) is 0 Å². The lowest BCUT2D eigenvalue weighted by atomic mass is 10.1. The van der Waals surface area contributed by atoms with Crippen molar-refractivity contribution in [2.45, 2.75) is 6.42 Å². The summed E-state index contributed by atoms with van der Waals surface area (Å²) < 4.78 is 0. The van der Waals surface area contributed by atoms with E-state index in [9.17, 15) is 9.59 Å². The van der Waals surface area contributed by atoms with Gasteiger partial charge in [0.25, 0.3) is 0 Å². The third-order valence-corrected chi connectivity index (χ3v) is 0.925. The highest BCUT2D eigenvalue weighted by Crippen LogP contribution is 1.97. The summed E-state index contributed by atoms with van der Waals surface area (Å²) >= 11 is 0. The summed E-state index contributed by atoms with van der Waals surface area (Å²) in [5.74, 6) is 0.729. The first kappa shape index (κ1) is 9.24. The summed E-state index contributed by atoms with van der Waals surface area (Å²) in [6, 6.07) is 0. The first-order chi connectivity index (χ1) is 5.07. The van der Waals surface area contributed by atoms with Gasteiger partial charge in [0.05, 0.1) is 0 Å². The largest absolute Gasteiger partial charge is 0.366 e. The lowest BCUT2D eigenvalue weighted by Gasteiger charge is -1.94. The van der Waals surface area contributed by atoms with Crippen LogP contribution in [-0.2, 0) is 9.59 Å². The molecule has 4 nitrogen and oxygen atoms in total. The monoisotopic (exact) mass is 152 g/mol. The lowest BCUT2D eigenvalue weighted by molar-refractivity contribution is -0.116. The quantitative estimate of drug-likeness (QED) is 0.397. The molecule has 0 atom stereocenters. The van der Waals surface area contributed by atoms with Gasteiger partial charge < -0.3 is 11.5 Å². The topological polar surface area (TPSA) is 86.2 Å². The fraction of sp³-hybridized carbons (Fsp3) is 0.143. The minimum absolute atomic E-state index is 0.0261. The zero-order valence-electron chi connectivity index (χ0n) is 5.83. The van der Waals surface area contributed by atoms with Crippen LogP contribution >= 0.6 is 0 Å². The van der Waals surface area contributed by atoms with E-state index in [1.807, 2.05) is 0 Å². The average molecular weight is 152 g/mol. The first-order valence-corrected chi connectivity index (χ1v) is 2.81. The number of primary amides is 2. The fourth-order valence-corrected chi connectivity index (χ4v) is 0.491. The van der Waals surface area contributed by atoms with Crippen LogP contribution in [0.3, 0.4) is 0 Å². The molecule has 11 heavy (non-hydrogen) atoms. The van der Waals surface area contributed by atoms with Crippen molar-refractivity contribution in [2.75, 3.05) is 0 Å². The summed E-state index contributed by atoms with van der Waals surface area (Å²) in [5.41, 5.74) is 9.69. The van der Waals surface area contributed by atoms with Gasteiger partial charge >= 0.3 is 0 Å². The fourth-order valence-electron chi connectivity index (χ4n) is 0.491. The van der Waals surface area contributed by atoms with Gasteiger partial charge in [0, 0.05) is 18.1 Å². The Labute approximate surface area is 64.2 Å². The molecule has 0 heterocycles. The van der Waals surface area contributed by atoms with Crippen molar-refractivity contribution in [3.8, 4) is 12.3 Å². The number of carbonyl (C=O) groups excluding carboxylic acids is 2. The molecule has 58 valence electrons. The molecule has 4 N–H and O–H groups in total. The molecule has 0 rings (SSSR count). The average Bonchev–Trinajstić information content (AvgIpc) is 1.86. The standard InChI is InChI=1S/C7H8N2O2/c1-2-3-5(7(9)11)4-6(8)10/h1,4H,3H2,(H2,8,10)(H2,9,11). The lowest BCUT2D eigenvalue weighted by Crippen LogP contribution is -2.17. The van der Waals surface area contributed by atoms with E-state index in [1.54, 1.807) is 0 Å². The predicted octanol–water partition coefficient (Wildman–Crippen LogP) is -1.09. The van der Waals surface area contributed by atoms with Gasteiger partial charge in [0.1, 0.15) is 0 Å². The Hall–Kier alpha value is -1.76. The number of hydrogen-bond acceptors (Lipinski definition) is 2. The maximum atomic E-state index is 10.5. The van der Waals surface area contributed by atoms with Crippen LogP contribution in [0.4, 0.5) is 0 Å². The third kappa shape index (κ3) is 3.76. The van der Waals surface area contributed by atoms with Crippen molar-refractivity contribution in [2.24, 2.45) is 11.5 Å². The molecular formula is C7H8N2O2. The van der Waals surface area contributed by atoms with Crippen LogP contribution in [0.25, 0.3) is 0 Å². The molecule has 4 heteroatoms. The van der Waals surface area contributed by atoms with E-state index in [1.165, 1.54) is 0 Å². The van der Waals surface area contributed by atoms with E-state index < -0.39 is 11.8 Å². The Kier molecular flexibility index (Phi) is 3.46. The molecule has 0 aliphatic heterocycles.